The molecule has 1 atom stereocenters. The normalized spacial score (nSPS) is 18.3. The molecule has 25 heavy (non-hydrogen) atoms. The number of hydrogen-bond acceptors (Lipinski definition) is 4. The van der Waals surface area contributed by atoms with Gasteiger partial charge in [0.1, 0.15) is 6.61 Å². The number of ether oxygens (including phenoxy) is 1. The molecular formula is C18H30N4O3. The van der Waals surface area contributed by atoms with E-state index < -0.39 is 0 Å². The Balaban J connectivity index is 1.95. The van der Waals surface area contributed by atoms with Gasteiger partial charge in [-0.3, -0.25) is 14.7 Å². The molecule has 2 rings (SSSR count). The SMILES string of the molecule is COCC(=O)N1CCC[C@H](C(=O)N(C)Cc2cc(C(C)(C)C)n[nH]2)C1. The van der Waals surface area contributed by atoms with Crippen molar-refractivity contribution < 1.29 is 14.3 Å². The van der Waals surface area contributed by atoms with Gasteiger partial charge in [-0.15, -0.1) is 0 Å². The maximum atomic E-state index is 12.8. The van der Waals surface area contributed by atoms with Gasteiger partial charge < -0.3 is 14.5 Å². The zero-order valence-electron chi connectivity index (χ0n) is 16.0. The second kappa shape index (κ2) is 7.99. The number of likely N-dealkylation sites (tertiary alicyclic amines) is 1. The molecule has 1 aromatic heterocycles. The van der Waals surface area contributed by atoms with Gasteiger partial charge >= 0.3 is 0 Å². The monoisotopic (exact) mass is 350 g/mol. The number of methoxy groups -OCH3 is 1. The predicted molar refractivity (Wildman–Crippen MR) is 94.9 cm³/mol. The van der Waals surface area contributed by atoms with Crippen molar-refractivity contribution in [1.29, 1.82) is 0 Å². The van der Waals surface area contributed by atoms with Gasteiger partial charge in [-0.1, -0.05) is 20.8 Å². The second-order valence-corrected chi connectivity index (χ2v) is 7.83. The minimum absolute atomic E-state index is 0.0249. The number of piperidine rings is 1. The number of nitrogens with one attached hydrogen (secondary N) is 1. The van der Waals surface area contributed by atoms with Crippen LogP contribution in [0.25, 0.3) is 0 Å². The number of H-pyrrole nitrogens is 1. The van der Waals surface area contributed by atoms with Gasteiger partial charge in [-0.2, -0.15) is 5.10 Å². The molecule has 1 fully saturated rings. The highest BCUT2D eigenvalue weighted by molar-refractivity contribution is 5.81. The highest BCUT2D eigenvalue weighted by Crippen LogP contribution is 2.22. The van der Waals surface area contributed by atoms with Crippen molar-refractivity contribution in [3.05, 3.63) is 17.5 Å². The van der Waals surface area contributed by atoms with E-state index in [4.69, 9.17) is 4.74 Å². The summed E-state index contributed by atoms with van der Waals surface area (Å²) in [5, 5.41) is 7.36. The summed E-state index contributed by atoms with van der Waals surface area (Å²) in [4.78, 5) is 28.2. The van der Waals surface area contributed by atoms with E-state index in [0.717, 1.165) is 24.2 Å². The Morgan fingerprint density at radius 2 is 2.16 bits per heavy atom. The smallest absolute Gasteiger partial charge is 0.248 e. The van der Waals surface area contributed by atoms with Crippen LogP contribution in [0.5, 0.6) is 0 Å². The topological polar surface area (TPSA) is 78.5 Å². The number of aromatic nitrogens is 2. The summed E-state index contributed by atoms with van der Waals surface area (Å²) in [7, 11) is 3.31. The van der Waals surface area contributed by atoms with Crippen LogP contribution in [0.2, 0.25) is 0 Å². The van der Waals surface area contributed by atoms with Crippen LogP contribution in [0, 0.1) is 5.92 Å². The summed E-state index contributed by atoms with van der Waals surface area (Å²) in [6.45, 7) is 8.05. The van der Waals surface area contributed by atoms with Crippen LogP contribution in [0.3, 0.4) is 0 Å². The van der Waals surface area contributed by atoms with E-state index in [0.29, 0.717) is 19.6 Å². The third-order valence-electron chi connectivity index (χ3n) is 4.57. The number of carbonyl (C=O) groups is 2. The highest BCUT2D eigenvalue weighted by atomic mass is 16.5. The van der Waals surface area contributed by atoms with E-state index >= 15 is 0 Å². The van der Waals surface area contributed by atoms with Gasteiger partial charge in [0.25, 0.3) is 0 Å². The molecule has 2 amide bonds. The molecule has 0 radical (unpaired) electrons. The quantitative estimate of drug-likeness (QED) is 0.874. The first-order chi connectivity index (χ1) is 11.7. The minimum atomic E-state index is -0.149. The van der Waals surface area contributed by atoms with Crippen LogP contribution in [0.1, 0.15) is 45.0 Å². The van der Waals surface area contributed by atoms with Gasteiger partial charge in [0, 0.05) is 32.7 Å². The van der Waals surface area contributed by atoms with E-state index in [1.165, 1.54) is 7.11 Å². The summed E-state index contributed by atoms with van der Waals surface area (Å²) < 4.78 is 4.91. The van der Waals surface area contributed by atoms with Gasteiger partial charge in [0.15, 0.2) is 0 Å². The molecule has 0 unspecified atom stereocenters. The lowest BCUT2D eigenvalue weighted by Gasteiger charge is -2.33. The van der Waals surface area contributed by atoms with Crippen molar-refractivity contribution >= 4 is 11.8 Å². The summed E-state index contributed by atoms with van der Waals surface area (Å²) >= 11 is 0. The van der Waals surface area contributed by atoms with Crippen LogP contribution in [0.4, 0.5) is 0 Å². The number of nitrogens with zero attached hydrogens (tertiary/aromatic N) is 3. The lowest BCUT2D eigenvalue weighted by atomic mass is 9.92. The molecule has 1 aliphatic heterocycles. The Morgan fingerprint density at radius 1 is 1.44 bits per heavy atom. The average molecular weight is 350 g/mol. The zero-order chi connectivity index (χ0) is 18.6. The van der Waals surface area contributed by atoms with Crippen molar-refractivity contribution in [1.82, 2.24) is 20.0 Å². The van der Waals surface area contributed by atoms with Crippen molar-refractivity contribution in [2.24, 2.45) is 5.92 Å². The third-order valence-corrected chi connectivity index (χ3v) is 4.57. The van der Waals surface area contributed by atoms with Crippen molar-refractivity contribution in [3.63, 3.8) is 0 Å². The fraction of sp³-hybridized carbons (Fsp3) is 0.722. The molecule has 0 aliphatic carbocycles. The van der Waals surface area contributed by atoms with E-state index in [-0.39, 0.29) is 29.8 Å². The zero-order valence-corrected chi connectivity index (χ0v) is 16.0. The fourth-order valence-electron chi connectivity index (χ4n) is 3.09. The molecule has 0 bridgehead atoms. The average Bonchev–Trinajstić information content (AvgIpc) is 3.03. The summed E-state index contributed by atoms with van der Waals surface area (Å²) in [5.41, 5.74) is 1.88. The summed E-state index contributed by atoms with van der Waals surface area (Å²) in [6, 6.07) is 2.01. The van der Waals surface area contributed by atoms with Gasteiger partial charge in [-0.25, -0.2) is 0 Å². The Kier molecular flexibility index (Phi) is 6.21. The fourth-order valence-corrected chi connectivity index (χ4v) is 3.09. The van der Waals surface area contributed by atoms with Crippen molar-refractivity contribution in [2.45, 2.75) is 45.6 Å². The Morgan fingerprint density at radius 3 is 2.76 bits per heavy atom. The molecule has 7 nitrogen and oxygen atoms in total. The predicted octanol–water partition coefficient (Wildman–Crippen LogP) is 1.55. The Bertz CT molecular complexity index is 606. The molecule has 1 saturated heterocycles. The summed E-state index contributed by atoms with van der Waals surface area (Å²) in [6.07, 6.45) is 1.66. The van der Waals surface area contributed by atoms with E-state index in [2.05, 4.69) is 31.0 Å². The van der Waals surface area contributed by atoms with Crippen LogP contribution < -0.4 is 0 Å². The minimum Gasteiger partial charge on any atom is -0.375 e. The second-order valence-electron chi connectivity index (χ2n) is 7.83. The van der Waals surface area contributed by atoms with Crippen LogP contribution in [0.15, 0.2) is 6.07 Å². The maximum Gasteiger partial charge on any atom is 0.248 e. The molecule has 140 valence electrons. The third kappa shape index (κ3) is 5.04. The summed E-state index contributed by atoms with van der Waals surface area (Å²) in [5.74, 6) is -0.127. The van der Waals surface area contributed by atoms with Crippen LogP contribution in [-0.4, -0.2) is 65.7 Å². The largest absolute Gasteiger partial charge is 0.375 e. The van der Waals surface area contributed by atoms with Gasteiger partial charge in [0.2, 0.25) is 11.8 Å². The van der Waals surface area contributed by atoms with Crippen LogP contribution in [-0.2, 0) is 26.3 Å². The molecule has 1 aliphatic rings. The van der Waals surface area contributed by atoms with E-state index in [9.17, 15) is 9.59 Å². The van der Waals surface area contributed by atoms with Crippen molar-refractivity contribution in [2.75, 3.05) is 33.9 Å². The molecule has 0 aromatic carbocycles. The number of aromatic amines is 1. The number of carbonyl (C=O) groups excluding carboxylic acids is 2. The molecule has 0 spiro atoms. The van der Waals surface area contributed by atoms with E-state index in [1.807, 2.05) is 6.07 Å². The molecule has 1 aromatic rings. The first-order valence-electron chi connectivity index (χ1n) is 8.79. The molecule has 0 saturated carbocycles. The number of amides is 2. The molecule has 7 heteroatoms. The molecule has 2 heterocycles. The lowest BCUT2D eigenvalue weighted by Crippen LogP contribution is -2.46. The lowest BCUT2D eigenvalue weighted by molar-refractivity contribution is -0.142. The number of hydrogen-bond donors (Lipinski definition) is 1. The standard InChI is InChI=1S/C18H30N4O3/c1-18(2,3)15-9-14(19-20-15)11-21(4)17(24)13-7-6-8-22(10-13)16(23)12-25-5/h9,13H,6-8,10-12H2,1-5H3,(H,19,20)/t13-/m0/s1. The number of rotatable bonds is 5. The Labute approximate surface area is 149 Å². The van der Waals surface area contributed by atoms with Gasteiger partial charge in [0.05, 0.1) is 23.9 Å². The van der Waals surface area contributed by atoms with Crippen molar-refractivity contribution in [3.8, 4) is 0 Å². The molecular weight excluding hydrogens is 320 g/mol. The first kappa shape index (κ1) is 19.4. The highest BCUT2D eigenvalue weighted by Gasteiger charge is 2.30. The first-order valence-corrected chi connectivity index (χ1v) is 8.79. The van der Waals surface area contributed by atoms with E-state index in [1.54, 1.807) is 16.8 Å². The molecule has 1 N–H and O–H groups in total. The Hall–Kier alpha value is -1.89. The van der Waals surface area contributed by atoms with Crippen LogP contribution >= 0.6 is 0 Å². The van der Waals surface area contributed by atoms with Gasteiger partial charge in [-0.05, 0) is 18.9 Å². The maximum absolute atomic E-state index is 12.8.